The van der Waals surface area contributed by atoms with Gasteiger partial charge in [-0.1, -0.05) is 54.6 Å². The Morgan fingerprint density at radius 2 is 1.68 bits per heavy atom. The van der Waals surface area contributed by atoms with Crippen molar-refractivity contribution in [1.82, 2.24) is 16.0 Å². The normalized spacial score (nSPS) is 11.5. The van der Waals surface area contributed by atoms with E-state index in [0.717, 1.165) is 16.3 Å². The van der Waals surface area contributed by atoms with E-state index < -0.39 is 18.6 Å². The van der Waals surface area contributed by atoms with E-state index in [2.05, 4.69) is 16.0 Å². The monoisotopic (exact) mass is 464 g/mol. The van der Waals surface area contributed by atoms with Crippen LogP contribution in [0.5, 0.6) is 5.75 Å². The Hall–Kier alpha value is -3.94. The summed E-state index contributed by atoms with van der Waals surface area (Å²) in [5.74, 6) is -0.544. The van der Waals surface area contributed by atoms with E-state index in [9.17, 15) is 14.0 Å². The number of methoxy groups -OCH3 is 1. The molecule has 8 heteroatoms. The van der Waals surface area contributed by atoms with Crippen LogP contribution < -0.4 is 20.7 Å². The van der Waals surface area contributed by atoms with Crippen LogP contribution in [-0.4, -0.2) is 44.0 Å². The fourth-order valence-electron chi connectivity index (χ4n) is 3.57. The fourth-order valence-corrected chi connectivity index (χ4v) is 3.57. The quantitative estimate of drug-likeness (QED) is 0.198. The van der Waals surface area contributed by atoms with Gasteiger partial charge in [0.15, 0.2) is 0 Å². The summed E-state index contributed by atoms with van der Waals surface area (Å²) in [5, 5.41) is 17.5. The molecule has 0 spiro atoms. The van der Waals surface area contributed by atoms with Gasteiger partial charge in [-0.05, 0) is 41.3 Å². The van der Waals surface area contributed by atoms with Crippen LogP contribution in [0.25, 0.3) is 10.8 Å². The van der Waals surface area contributed by atoms with Crippen LogP contribution in [0.3, 0.4) is 0 Å². The lowest BCUT2D eigenvalue weighted by atomic mass is 10.0. The number of carbonyl (C=O) groups is 2. The molecule has 0 saturated heterocycles. The van der Waals surface area contributed by atoms with Crippen LogP contribution >= 0.6 is 0 Å². The highest BCUT2D eigenvalue weighted by atomic mass is 19.1. The topological polar surface area (TPSA) is 103 Å². The molecule has 0 heterocycles. The molecule has 3 aromatic rings. The zero-order chi connectivity index (χ0) is 24.3. The minimum Gasteiger partial charge on any atom is -0.496 e. The molecule has 0 aliphatic carbocycles. The van der Waals surface area contributed by atoms with Gasteiger partial charge in [0.25, 0.3) is 5.91 Å². The molecule has 2 amide bonds. The molecule has 3 rings (SSSR count). The Kier molecular flexibility index (Phi) is 8.96. The van der Waals surface area contributed by atoms with Crippen LogP contribution in [0.4, 0.5) is 4.39 Å². The van der Waals surface area contributed by atoms with E-state index in [-0.39, 0.29) is 11.7 Å². The molecule has 1 atom stereocenters. The molecule has 0 bridgehead atoms. The molecule has 7 nitrogen and oxygen atoms in total. The van der Waals surface area contributed by atoms with Gasteiger partial charge in [-0.25, -0.2) is 4.39 Å². The van der Waals surface area contributed by atoms with Gasteiger partial charge in [0.05, 0.1) is 12.7 Å². The van der Waals surface area contributed by atoms with E-state index in [4.69, 9.17) is 10.1 Å². The molecule has 0 aromatic heterocycles. The van der Waals surface area contributed by atoms with E-state index in [0.29, 0.717) is 37.2 Å². The first-order chi connectivity index (χ1) is 16.5. The molecular weight excluding hydrogens is 435 g/mol. The van der Waals surface area contributed by atoms with Crippen LogP contribution in [0, 0.1) is 5.41 Å². The molecule has 3 aromatic carbocycles. The van der Waals surface area contributed by atoms with Crippen molar-refractivity contribution in [3.63, 3.8) is 0 Å². The third-order valence-electron chi connectivity index (χ3n) is 5.39. The van der Waals surface area contributed by atoms with Crippen molar-refractivity contribution in [2.45, 2.75) is 25.4 Å². The van der Waals surface area contributed by atoms with Gasteiger partial charge < -0.3 is 20.7 Å². The lowest BCUT2D eigenvalue weighted by Gasteiger charge is -2.20. The van der Waals surface area contributed by atoms with Gasteiger partial charge >= 0.3 is 0 Å². The summed E-state index contributed by atoms with van der Waals surface area (Å²) >= 11 is 0. The zero-order valence-corrected chi connectivity index (χ0v) is 19.1. The number of amidine groups is 1. The number of halogens is 1. The zero-order valence-electron chi connectivity index (χ0n) is 19.1. The summed E-state index contributed by atoms with van der Waals surface area (Å²) in [4.78, 5) is 26.1. The molecule has 178 valence electrons. The number of alkyl halides is 1. The Labute approximate surface area is 198 Å². The second-order valence-electron chi connectivity index (χ2n) is 7.81. The number of carbonyl (C=O) groups excluding carboxylic acids is 2. The summed E-state index contributed by atoms with van der Waals surface area (Å²) in [5.41, 5.74) is 1.27. The van der Waals surface area contributed by atoms with Gasteiger partial charge in [-0.2, -0.15) is 0 Å². The Morgan fingerprint density at radius 1 is 1.00 bits per heavy atom. The lowest BCUT2D eigenvalue weighted by Crippen LogP contribution is -2.47. The Morgan fingerprint density at radius 3 is 2.35 bits per heavy atom. The van der Waals surface area contributed by atoms with Gasteiger partial charge in [-0.15, -0.1) is 0 Å². The average molecular weight is 465 g/mol. The van der Waals surface area contributed by atoms with Crippen molar-refractivity contribution in [1.29, 1.82) is 5.41 Å². The van der Waals surface area contributed by atoms with Crippen molar-refractivity contribution in [3.05, 3.63) is 77.9 Å². The van der Waals surface area contributed by atoms with Gasteiger partial charge in [0, 0.05) is 13.1 Å². The van der Waals surface area contributed by atoms with E-state index in [1.54, 1.807) is 12.1 Å². The number of nitrogens with one attached hydrogen (secondary N) is 4. The van der Waals surface area contributed by atoms with Gasteiger partial charge in [0.2, 0.25) is 5.91 Å². The summed E-state index contributed by atoms with van der Waals surface area (Å²) in [7, 11) is 1.50. The van der Waals surface area contributed by atoms with Crippen molar-refractivity contribution in [3.8, 4) is 5.75 Å². The summed E-state index contributed by atoms with van der Waals surface area (Å²) in [6.07, 6.45) is 0.774. The SMILES string of the molecule is COc1cc2ccccc2cc1C(=O)N[C@@H](CCCNC(=N)CF)C(=O)NCc1ccccc1. The maximum atomic E-state index is 13.2. The van der Waals surface area contributed by atoms with Crippen LogP contribution in [0.1, 0.15) is 28.8 Å². The largest absolute Gasteiger partial charge is 0.496 e. The minimum absolute atomic E-state index is 0.213. The average Bonchev–Trinajstić information content (AvgIpc) is 2.88. The predicted octanol–water partition coefficient (Wildman–Crippen LogP) is 3.58. The molecule has 0 unspecified atom stereocenters. The first-order valence-corrected chi connectivity index (χ1v) is 11.1. The van der Waals surface area contributed by atoms with Crippen LogP contribution in [0.15, 0.2) is 66.7 Å². The second kappa shape index (κ2) is 12.3. The number of benzene rings is 3. The maximum Gasteiger partial charge on any atom is 0.255 e. The van der Waals surface area contributed by atoms with Gasteiger partial charge in [-0.3, -0.25) is 15.0 Å². The summed E-state index contributed by atoms with van der Waals surface area (Å²) < 4.78 is 17.9. The summed E-state index contributed by atoms with van der Waals surface area (Å²) in [6.45, 7) is -0.226. The lowest BCUT2D eigenvalue weighted by molar-refractivity contribution is -0.123. The Balaban J connectivity index is 1.73. The number of amides is 2. The second-order valence-corrected chi connectivity index (χ2v) is 7.81. The third kappa shape index (κ3) is 6.78. The molecule has 0 aliphatic heterocycles. The molecule has 0 aliphatic rings. The maximum absolute atomic E-state index is 13.2. The highest BCUT2D eigenvalue weighted by molar-refractivity contribution is 6.03. The number of hydrogen-bond donors (Lipinski definition) is 4. The number of rotatable bonds is 11. The van der Waals surface area contributed by atoms with Crippen LogP contribution in [-0.2, 0) is 11.3 Å². The Bertz CT molecular complexity index is 1140. The molecule has 0 radical (unpaired) electrons. The van der Waals surface area contributed by atoms with E-state index in [1.807, 2.05) is 54.6 Å². The standard InChI is InChI=1S/C26H29FN4O3/c1-34-23-15-20-11-6-5-10-19(20)14-21(23)25(32)31-22(12-7-13-29-24(28)16-27)26(33)30-17-18-8-3-2-4-9-18/h2-6,8-11,14-15,22H,7,12-13,16-17H2,1H3,(H2,28,29)(H,30,33)(H,31,32)/t22-/m0/s1. The van der Waals surface area contributed by atoms with Crippen molar-refractivity contribution in [2.24, 2.45) is 0 Å². The highest BCUT2D eigenvalue weighted by Gasteiger charge is 2.23. The summed E-state index contributed by atoms with van der Waals surface area (Å²) in [6, 6.07) is 19.8. The first-order valence-electron chi connectivity index (χ1n) is 11.1. The van der Waals surface area contributed by atoms with Crippen molar-refractivity contribution < 1.29 is 18.7 Å². The minimum atomic E-state index is -0.876. The van der Waals surface area contributed by atoms with E-state index in [1.165, 1.54) is 7.11 Å². The van der Waals surface area contributed by atoms with Crippen molar-refractivity contribution >= 4 is 28.4 Å². The van der Waals surface area contributed by atoms with Crippen LogP contribution in [0.2, 0.25) is 0 Å². The third-order valence-corrected chi connectivity index (χ3v) is 5.39. The molecule has 0 saturated carbocycles. The van der Waals surface area contributed by atoms with Gasteiger partial charge in [0.1, 0.15) is 24.3 Å². The fraction of sp³-hybridized carbons (Fsp3) is 0.269. The number of ether oxygens (including phenoxy) is 1. The molecule has 34 heavy (non-hydrogen) atoms. The van der Waals surface area contributed by atoms with Crippen molar-refractivity contribution in [2.75, 3.05) is 20.3 Å². The molecule has 0 fully saturated rings. The van der Waals surface area contributed by atoms with E-state index >= 15 is 0 Å². The number of fused-ring (bicyclic) bond motifs is 1. The molecule has 4 N–H and O–H groups in total. The smallest absolute Gasteiger partial charge is 0.255 e. The number of hydrogen-bond acceptors (Lipinski definition) is 4. The predicted molar refractivity (Wildman–Crippen MR) is 131 cm³/mol. The highest BCUT2D eigenvalue weighted by Crippen LogP contribution is 2.26. The first kappa shape index (κ1) is 24.7. The molecular formula is C26H29FN4O3.